The Kier molecular flexibility index (Phi) is 5.52. The van der Waals surface area contributed by atoms with E-state index >= 15 is 0 Å². The van der Waals surface area contributed by atoms with Crippen LogP contribution in [0.15, 0.2) is 23.8 Å². The van der Waals surface area contributed by atoms with Gasteiger partial charge in [0, 0.05) is 17.0 Å². The molecular weight excluding hydrogens is 296 g/mol. The van der Waals surface area contributed by atoms with Gasteiger partial charge in [-0.1, -0.05) is 25.4 Å². The van der Waals surface area contributed by atoms with Crippen LogP contribution in [0.2, 0.25) is 5.02 Å². The van der Waals surface area contributed by atoms with Crippen LogP contribution in [0, 0.1) is 21.4 Å². The molecule has 0 aliphatic rings. The molecule has 0 heterocycles. The van der Waals surface area contributed by atoms with E-state index in [0.717, 1.165) is 6.07 Å². The Labute approximate surface area is 126 Å². The molecule has 1 aromatic rings. The van der Waals surface area contributed by atoms with Gasteiger partial charge in [-0.25, -0.2) is 0 Å². The summed E-state index contributed by atoms with van der Waals surface area (Å²) in [5, 5.41) is 18.2. The Morgan fingerprint density at radius 2 is 2.10 bits per heavy atom. The van der Waals surface area contributed by atoms with E-state index in [4.69, 9.17) is 17.0 Å². The Balaban J connectivity index is 3.34. The Bertz CT molecular complexity index is 663. The van der Waals surface area contributed by atoms with Crippen LogP contribution in [0.5, 0.6) is 0 Å². The van der Waals surface area contributed by atoms with Gasteiger partial charge in [0.1, 0.15) is 11.1 Å². The zero-order valence-corrected chi connectivity index (χ0v) is 12.2. The SMILES string of the molecule is CCC(C)C(=O)C(=C=N)C(=O)c1ccc(Cl)cc1[N+](=O)[O-]. The van der Waals surface area contributed by atoms with Gasteiger partial charge < -0.3 is 0 Å². The number of hydrogen-bond donors (Lipinski definition) is 1. The van der Waals surface area contributed by atoms with Crippen molar-refractivity contribution in [3.63, 3.8) is 0 Å². The molecule has 1 rings (SSSR count). The fraction of sp³-hybridized carbons (Fsp3) is 0.286. The van der Waals surface area contributed by atoms with E-state index in [2.05, 4.69) is 0 Å². The van der Waals surface area contributed by atoms with Crippen LogP contribution in [-0.2, 0) is 4.79 Å². The smallest absolute Gasteiger partial charge is 0.282 e. The Morgan fingerprint density at radius 3 is 2.57 bits per heavy atom. The number of nitro groups is 1. The van der Waals surface area contributed by atoms with Gasteiger partial charge in [-0.2, -0.15) is 0 Å². The molecule has 21 heavy (non-hydrogen) atoms. The van der Waals surface area contributed by atoms with Gasteiger partial charge >= 0.3 is 0 Å². The molecule has 1 aromatic carbocycles. The minimum atomic E-state index is -0.890. The lowest BCUT2D eigenvalue weighted by molar-refractivity contribution is -0.385. The van der Waals surface area contributed by atoms with Crippen LogP contribution < -0.4 is 0 Å². The number of halogens is 1. The number of rotatable bonds is 6. The third-order valence-electron chi connectivity index (χ3n) is 3.06. The highest BCUT2D eigenvalue weighted by molar-refractivity contribution is 6.33. The second kappa shape index (κ2) is 6.92. The molecule has 0 amide bonds. The maximum Gasteiger partial charge on any atom is 0.282 e. The second-order valence-corrected chi connectivity index (χ2v) is 4.86. The predicted molar refractivity (Wildman–Crippen MR) is 78.1 cm³/mol. The first-order valence-corrected chi connectivity index (χ1v) is 6.53. The summed E-state index contributed by atoms with van der Waals surface area (Å²) in [5.41, 5.74) is -1.28. The molecule has 0 aliphatic carbocycles. The monoisotopic (exact) mass is 308 g/mol. The zero-order chi connectivity index (χ0) is 16.2. The molecule has 1 unspecified atom stereocenters. The highest BCUT2D eigenvalue weighted by Gasteiger charge is 2.29. The van der Waals surface area contributed by atoms with Crippen molar-refractivity contribution in [2.24, 2.45) is 5.92 Å². The fourth-order valence-electron chi connectivity index (χ4n) is 1.64. The van der Waals surface area contributed by atoms with Crippen molar-refractivity contribution in [3.8, 4) is 0 Å². The number of hydrogen-bond acceptors (Lipinski definition) is 5. The number of nitrogens with one attached hydrogen (secondary N) is 1. The van der Waals surface area contributed by atoms with E-state index in [1.54, 1.807) is 13.8 Å². The van der Waals surface area contributed by atoms with Gasteiger partial charge in [0.15, 0.2) is 5.78 Å². The third kappa shape index (κ3) is 3.62. The molecule has 6 nitrogen and oxygen atoms in total. The molecular formula is C14H13ClN2O4. The Hall–Kier alpha value is -2.30. The summed E-state index contributed by atoms with van der Waals surface area (Å²) in [5.74, 6) is -0.101. The van der Waals surface area contributed by atoms with Crippen molar-refractivity contribution in [2.75, 3.05) is 0 Å². The topological polar surface area (TPSA) is 101 Å². The average molecular weight is 309 g/mol. The van der Waals surface area contributed by atoms with Crippen LogP contribution in [0.4, 0.5) is 5.69 Å². The molecule has 0 spiro atoms. The number of carbonyl (C=O) groups is 2. The predicted octanol–water partition coefficient (Wildman–Crippen LogP) is 3.22. The van der Waals surface area contributed by atoms with E-state index in [0.29, 0.717) is 6.42 Å². The van der Waals surface area contributed by atoms with Gasteiger partial charge in [-0.3, -0.25) is 25.1 Å². The number of carbonyl (C=O) groups excluding carboxylic acids is 2. The van der Waals surface area contributed by atoms with Crippen LogP contribution in [-0.4, -0.2) is 22.4 Å². The van der Waals surface area contributed by atoms with Gasteiger partial charge in [0.25, 0.3) is 5.69 Å². The molecule has 1 atom stereocenters. The van der Waals surface area contributed by atoms with Crippen molar-refractivity contribution < 1.29 is 14.5 Å². The summed E-state index contributed by atoms with van der Waals surface area (Å²) < 4.78 is 0. The van der Waals surface area contributed by atoms with E-state index in [1.165, 1.54) is 12.1 Å². The standard InChI is InChI=1S/C14H13ClN2O4/c1-3-8(2)13(18)11(7-16)14(19)10-5-4-9(15)6-12(10)17(20)21/h4-6,8,16H,3H2,1-2H3. The molecule has 0 fully saturated rings. The average Bonchev–Trinajstić information content (AvgIpc) is 2.46. The van der Waals surface area contributed by atoms with Crippen LogP contribution in [0.3, 0.4) is 0 Å². The Morgan fingerprint density at radius 1 is 1.48 bits per heavy atom. The maximum absolute atomic E-state index is 12.3. The zero-order valence-electron chi connectivity index (χ0n) is 11.5. The lowest BCUT2D eigenvalue weighted by Crippen LogP contribution is -2.20. The molecule has 110 valence electrons. The van der Waals surface area contributed by atoms with Gasteiger partial charge in [-0.05, 0) is 24.4 Å². The van der Waals surface area contributed by atoms with Crippen molar-refractivity contribution in [1.29, 1.82) is 5.41 Å². The van der Waals surface area contributed by atoms with Crippen LogP contribution in [0.25, 0.3) is 0 Å². The van der Waals surface area contributed by atoms with Crippen LogP contribution in [0.1, 0.15) is 30.6 Å². The number of ketones is 2. The molecule has 0 radical (unpaired) electrons. The maximum atomic E-state index is 12.3. The molecule has 0 bridgehead atoms. The summed E-state index contributed by atoms with van der Waals surface area (Å²) >= 11 is 5.67. The summed E-state index contributed by atoms with van der Waals surface area (Å²) in [6.45, 7) is 3.38. The summed E-state index contributed by atoms with van der Waals surface area (Å²) in [7, 11) is 0. The second-order valence-electron chi connectivity index (χ2n) is 4.42. The third-order valence-corrected chi connectivity index (χ3v) is 3.29. The number of benzene rings is 1. The number of nitrogens with zero attached hydrogens (tertiary/aromatic N) is 1. The first-order chi connectivity index (χ1) is 9.83. The molecule has 0 aromatic heterocycles. The van der Waals surface area contributed by atoms with E-state index in [1.807, 2.05) is 5.87 Å². The summed E-state index contributed by atoms with van der Waals surface area (Å²) in [6.07, 6.45) is 0.486. The lowest BCUT2D eigenvalue weighted by Gasteiger charge is -2.08. The van der Waals surface area contributed by atoms with Crippen LogP contribution >= 0.6 is 11.6 Å². The lowest BCUT2D eigenvalue weighted by atomic mass is 9.92. The molecule has 7 heteroatoms. The number of nitro benzene ring substituents is 1. The highest BCUT2D eigenvalue weighted by atomic mass is 35.5. The minimum absolute atomic E-state index is 0.104. The summed E-state index contributed by atoms with van der Waals surface area (Å²) in [6, 6.07) is 3.52. The van der Waals surface area contributed by atoms with E-state index in [-0.39, 0.29) is 10.6 Å². The van der Waals surface area contributed by atoms with Gasteiger partial charge in [-0.15, -0.1) is 0 Å². The molecule has 0 aliphatic heterocycles. The normalized spacial score (nSPS) is 11.4. The minimum Gasteiger partial charge on any atom is -0.293 e. The molecule has 1 N–H and O–H groups in total. The van der Waals surface area contributed by atoms with Gasteiger partial charge in [0.2, 0.25) is 5.78 Å². The number of Topliss-reactive ketones (excluding diaryl/α,β-unsaturated/α-hetero) is 2. The van der Waals surface area contributed by atoms with Gasteiger partial charge in [0.05, 0.1) is 4.92 Å². The molecule has 0 saturated heterocycles. The number of allylic oxidation sites excluding steroid dienone is 1. The summed E-state index contributed by atoms with van der Waals surface area (Å²) in [4.78, 5) is 34.5. The largest absolute Gasteiger partial charge is 0.293 e. The highest BCUT2D eigenvalue weighted by Crippen LogP contribution is 2.26. The fourth-order valence-corrected chi connectivity index (χ4v) is 1.81. The quantitative estimate of drug-likeness (QED) is 0.166. The van der Waals surface area contributed by atoms with Crippen molar-refractivity contribution in [3.05, 3.63) is 44.5 Å². The van der Waals surface area contributed by atoms with E-state index in [9.17, 15) is 19.7 Å². The first kappa shape index (κ1) is 16.8. The van der Waals surface area contributed by atoms with Crippen molar-refractivity contribution >= 4 is 34.7 Å². The first-order valence-electron chi connectivity index (χ1n) is 6.16. The molecule has 0 saturated carbocycles. The van der Waals surface area contributed by atoms with E-state index < -0.39 is 33.7 Å². The van der Waals surface area contributed by atoms with Crippen molar-refractivity contribution in [2.45, 2.75) is 20.3 Å². The van der Waals surface area contributed by atoms with Crippen molar-refractivity contribution in [1.82, 2.24) is 0 Å².